The maximum atomic E-state index is 12.5. The molecule has 0 bridgehead atoms. The van der Waals surface area contributed by atoms with Gasteiger partial charge in [-0.1, -0.05) is 49.6 Å². The quantitative estimate of drug-likeness (QED) is 0.682. The summed E-state index contributed by atoms with van der Waals surface area (Å²) in [7, 11) is 1.62. The number of ether oxygens (including phenoxy) is 1. The molecular weight excluding hydrogens is 384 g/mol. The van der Waals surface area contributed by atoms with Crippen molar-refractivity contribution in [3.8, 4) is 5.75 Å². The minimum atomic E-state index is 0.0575. The van der Waals surface area contributed by atoms with Crippen LogP contribution in [0.15, 0.2) is 45.3 Å². The van der Waals surface area contributed by atoms with Crippen LogP contribution < -0.4 is 4.74 Å². The van der Waals surface area contributed by atoms with E-state index in [1.807, 2.05) is 43.3 Å². The van der Waals surface area contributed by atoms with Gasteiger partial charge in [0.15, 0.2) is 5.78 Å². The third kappa shape index (κ3) is 3.49. The second-order valence-electron chi connectivity index (χ2n) is 4.54. The lowest BCUT2D eigenvalue weighted by molar-refractivity contribution is 0.0991. The van der Waals surface area contributed by atoms with E-state index >= 15 is 0 Å². The van der Waals surface area contributed by atoms with Gasteiger partial charge in [-0.2, -0.15) is 0 Å². The van der Waals surface area contributed by atoms with Crippen molar-refractivity contribution >= 4 is 37.6 Å². The van der Waals surface area contributed by atoms with Crippen molar-refractivity contribution < 1.29 is 9.53 Å². The molecule has 0 aliphatic rings. The van der Waals surface area contributed by atoms with Gasteiger partial charge in [0.05, 0.1) is 7.11 Å². The molecule has 4 heteroatoms. The summed E-state index contributed by atoms with van der Waals surface area (Å²) >= 11 is 6.81. The van der Waals surface area contributed by atoms with Gasteiger partial charge in [0.1, 0.15) is 5.75 Å². The van der Waals surface area contributed by atoms with Crippen molar-refractivity contribution in [2.75, 3.05) is 7.11 Å². The first-order valence-electron chi connectivity index (χ1n) is 6.13. The van der Waals surface area contributed by atoms with Gasteiger partial charge >= 0.3 is 0 Å². The zero-order valence-corrected chi connectivity index (χ0v) is 14.4. The molecule has 0 radical (unpaired) electrons. The minimum absolute atomic E-state index is 0.0575. The van der Waals surface area contributed by atoms with Gasteiger partial charge < -0.3 is 4.74 Å². The predicted octanol–water partition coefficient (Wildman–Crippen LogP) is 4.95. The van der Waals surface area contributed by atoms with Crippen molar-refractivity contribution in [1.29, 1.82) is 0 Å². The van der Waals surface area contributed by atoms with E-state index in [0.717, 1.165) is 25.8 Å². The van der Waals surface area contributed by atoms with Gasteiger partial charge in [-0.05, 0) is 31.2 Å². The fourth-order valence-corrected chi connectivity index (χ4v) is 2.85. The van der Waals surface area contributed by atoms with Gasteiger partial charge in [-0.25, -0.2) is 0 Å². The van der Waals surface area contributed by atoms with Gasteiger partial charge in [-0.3, -0.25) is 4.79 Å². The Morgan fingerprint density at radius 1 is 1.15 bits per heavy atom. The Bertz CT molecular complexity index is 651. The molecule has 0 saturated carbocycles. The van der Waals surface area contributed by atoms with Crippen LogP contribution in [0.4, 0.5) is 0 Å². The first-order valence-corrected chi connectivity index (χ1v) is 7.71. The molecule has 104 valence electrons. The van der Waals surface area contributed by atoms with Crippen LogP contribution in [0.25, 0.3) is 0 Å². The Morgan fingerprint density at radius 2 is 1.90 bits per heavy atom. The Kier molecular flexibility index (Phi) is 5.00. The molecule has 2 aromatic rings. The summed E-state index contributed by atoms with van der Waals surface area (Å²) in [4.78, 5) is 12.5. The number of carbonyl (C=O) groups is 1. The van der Waals surface area contributed by atoms with E-state index in [9.17, 15) is 4.79 Å². The number of benzene rings is 2. The first kappa shape index (κ1) is 15.3. The zero-order valence-electron chi connectivity index (χ0n) is 11.2. The molecule has 20 heavy (non-hydrogen) atoms. The molecule has 0 atom stereocenters. The number of ketones is 1. The summed E-state index contributed by atoms with van der Waals surface area (Å²) in [6.45, 7) is 2.00. The number of rotatable bonds is 4. The van der Waals surface area contributed by atoms with Gasteiger partial charge in [0.2, 0.25) is 0 Å². The monoisotopic (exact) mass is 396 g/mol. The topological polar surface area (TPSA) is 26.3 Å². The lowest BCUT2D eigenvalue weighted by Crippen LogP contribution is -2.06. The highest BCUT2D eigenvalue weighted by molar-refractivity contribution is 9.11. The number of hydrogen-bond acceptors (Lipinski definition) is 2. The van der Waals surface area contributed by atoms with E-state index in [4.69, 9.17) is 4.74 Å². The average Bonchev–Trinajstić information content (AvgIpc) is 2.41. The van der Waals surface area contributed by atoms with Crippen molar-refractivity contribution in [3.05, 3.63) is 62.0 Å². The highest BCUT2D eigenvalue weighted by Gasteiger charge is 2.14. The maximum absolute atomic E-state index is 12.5. The third-order valence-electron chi connectivity index (χ3n) is 3.02. The van der Waals surface area contributed by atoms with Crippen LogP contribution in [-0.2, 0) is 6.42 Å². The Morgan fingerprint density at radius 3 is 2.60 bits per heavy atom. The summed E-state index contributed by atoms with van der Waals surface area (Å²) in [5.41, 5.74) is 2.69. The number of aryl methyl sites for hydroxylation is 1. The SMILES string of the molecule is COc1ccc(C)cc1CC(=O)c1cc(Br)ccc1Br. The molecule has 0 unspecified atom stereocenters. The van der Waals surface area contributed by atoms with Crippen LogP contribution in [0, 0.1) is 6.92 Å². The van der Waals surface area contributed by atoms with Gasteiger partial charge in [-0.15, -0.1) is 0 Å². The van der Waals surface area contributed by atoms with Crippen LogP contribution in [-0.4, -0.2) is 12.9 Å². The molecule has 0 aliphatic carbocycles. The third-order valence-corrected chi connectivity index (χ3v) is 4.20. The van der Waals surface area contributed by atoms with Crippen LogP contribution in [0.1, 0.15) is 21.5 Å². The first-order chi connectivity index (χ1) is 9.51. The fraction of sp³-hybridized carbons (Fsp3) is 0.188. The van der Waals surface area contributed by atoms with E-state index < -0.39 is 0 Å². The maximum Gasteiger partial charge on any atom is 0.168 e. The Hall–Kier alpha value is -1.13. The lowest BCUT2D eigenvalue weighted by Gasteiger charge is -2.10. The summed E-state index contributed by atoms with van der Waals surface area (Å²) in [5, 5.41) is 0. The van der Waals surface area contributed by atoms with E-state index in [0.29, 0.717) is 12.0 Å². The summed E-state index contributed by atoms with van der Waals surface area (Å²) in [6, 6.07) is 11.5. The highest BCUT2D eigenvalue weighted by atomic mass is 79.9. The Balaban J connectivity index is 2.32. The van der Waals surface area contributed by atoms with E-state index in [-0.39, 0.29) is 5.78 Å². The van der Waals surface area contributed by atoms with E-state index in [1.54, 1.807) is 7.11 Å². The summed E-state index contributed by atoms with van der Waals surface area (Å²) < 4.78 is 7.01. The molecule has 0 aliphatic heterocycles. The molecule has 2 aromatic carbocycles. The standard InChI is InChI=1S/C16H14Br2O2/c1-10-3-6-16(20-2)11(7-10)8-15(19)13-9-12(17)4-5-14(13)18/h3-7,9H,8H2,1-2H3. The Labute approximate surface area is 135 Å². The van der Waals surface area contributed by atoms with Crippen molar-refractivity contribution in [1.82, 2.24) is 0 Å². The van der Waals surface area contributed by atoms with Crippen LogP contribution in [0.5, 0.6) is 5.75 Å². The summed E-state index contributed by atoms with van der Waals surface area (Å²) in [6.07, 6.45) is 0.319. The molecule has 0 aromatic heterocycles. The molecule has 0 saturated heterocycles. The largest absolute Gasteiger partial charge is 0.496 e. The van der Waals surface area contributed by atoms with Crippen LogP contribution in [0.3, 0.4) is 0 Å². The smallest absolute Gasteiger partial charge is 0.168 e. The van der Waals surface area contributed by atoms with Crippen LogP contribution >= 0.6 is 31.9 Å². The second-order valence-corrected chi connectivity index (χ2v) is 6.31. The fourth-order valence-electron chi connectivity index (χ4n) is 2.02. The molecule has 0 heterocycles. The van der Waals surface area contributed by atoms with E-state index in [1.165, 1.54) is 0 Å². The average molecular weight is 398 g/mol. The minimum Gasteiger partial charge on any atom is -0.496 e. The number of methoxy groups -OCH3 is 1. The predicted molar refractivity (Wildman–Crippen MR) is 87.6 cm³/mol. The number of halogens is 2. The number of Topliss-reactive ketones (excluding diaryl/α,β-unsaturated/α-hetero) is 1. The molecular formula is C16H14Br2O2. The van der Waals surface area contributed by atoms with Crippen molar-refractivity contribution in [3.63, 3.8) is 0 Å². The highest BCUT2D eigenvalue weighted by Crippen LogP contribution is 2.26. The molecule has 2 rings (SSSR count). The van der Waals surface area contributed by atoms with Gasteiger partial charge in [0, 0.05) is 26.5 Å². The number of carbonyl (C=O) groups excluding carboxylic acids is 1. The molecule has 0 amide bonds. The van der Waals surface area contributed by atoms with Crippen LogP contribution in [0.2, 0.25) is 0 Å². The molecule has 2 nitrogen and oxygen atoms in total. The molecule has 0 fully saturated rings. The van der Waals surface area contributed by atoms with E-state index in [2.05, 4.69) is 31.9 Å². The normalized spacial score (nSPS) is 10.4. The lowest BCUT2D eigenvalue weighted by atomic mass is 10.0. The molecule has 0 spiro atoms. The zero-order chi connectivity index (χ0) is 14.7. The second kappa shape index (κ2) is 6.55. The van der Waals surface area contributed by atoms with Crippen molar-refractivity contribution in [2.45, 2.75) is 13.3 Å². The summed E-state index contributed by atoms with van der Waals surface area (Å²) in [5.74, 6) is 0.803. The van der Waals surface area contributed by atoms with Gasteiger partial charge in [0.25, 0.3) is 0 Å². The molecule has 0 N–H and O–H groups in total. The number of hydrogen-bond donors (Lipinski definition) is 0. The van der Waals surface area contributed by atoms with Crippen molar-refractivity contribution in [2.24, 2.45) is 0 Å².